The second kappa shape index (κ2) is 4.07. The molecule has 0 aliphatic rings. The second-order valence-corrected chi connectivity index (χ2v) is 2.26. The van der Waals surface area contributed by atoms with Gasteiger partial charge >= 0.3 is 6.09 Å². The highest BCUT2D eigenvalue weighted by Crippen LogP contribution is 2.07. The normalized spacial score (nSPS) is 8.85. The van der Waals surface area contributed by atoms with Gasteiger partial charge in [-0.25, -0.2) is 9.78 Å². The lowest BCUT2D eigenvalue weighted by molar-refractivity contribution is 0.209. The monoisotopic (exact) mass is 177 g/mol. The molecular formula is C8H7N3O2. The van der Waals surface area contributed by atoms with Crippen LogP contribution in [0, 0.1) is 11.3 Å². The molecule has 0 unspecified atom stereocenters. The van der Waals surface area contributed by atoms with Crippen LogP contribution in [0.5, 0.6) is 5.88 Å². The van der Waals surface area contributed by atoms with Crippen LogP contribution in [-0.2, 0) is 6.42 Å². The Morgan fingerprint density at radius 3 is 2.92 bits per heavy atom. The summed E-state index contributed by atoms with van der Waals surface area (Å²) in [5.74, 6) is 0.134. The summed E-state index contributed by atoms with van der Waals surface area (Å²) in [6.07, 6.45) is 0.839. The number of aromatic nitrogens is 1. The van der Waals surface area contributed by atoms with Gasteiger partial charge in [0.2, 0.25) is 5.88 Å². The third-order valence-corrected chi connectivity index (χ3v) is 1.29. The number of primary amides is 1. The number of carbonyl (C=O) groups excluding carboxylic acids is 1. The van der Waals surface area contributed by atoms with E-state index in [-0.39, 0.29) is 12.3 Å². The van der Waals surface area contributed by atoms with Crippen LogP contribution >= 0.6 is 0 Å². The van der Waals surface area contributed by atoms with Crippen molar-refractivity contribution >= 4 is 6.09 Å². The zero-order valence-corrected chi connectivity index (χ0v) is 6.73. The first kappa shape index (κ1) is 9.00. The number of rotatable bonds is 2. The largest absolute Gasteiger partial charge is 0.411 e. The van der Waals surface area contributed by atoms with Crippen molar-refractivity contribution in [1.29, 1.82) is 5.26 Å². The Balaban J connectivity index is 2.70. The van der Waals surface area contributed by atoms with E-state index in [0.29, 0.717) is 0 Å². The smallest absolute Gasteiger partial charge is 0.391 e. The molecule has 0 aliphatic heterocycles. The van der Waals surface area contributed by atoms with E-state index in [1.165, 1.54) is 12.3 Å². The van der Waals surface area contributed by atoms with Gasteiger partial charge in [-0.2, -0.15) is 5.26 Å². The molecule has 0 radical (unpaired) electrons. The molecule has 0 aliphatic carbocycles. The first-order valence-corrected chi connectivity index (χ1v) is 3.51. The molecule has 5 heteroatoms. The number of hydrogen-bond acceptors (Lipinski definition) is 4. The van der Waals surface area contributed by atoms with E-state index in [2.05, 4.69) is 9.72 Å². The average Bonchev–Trinajstić information content (AvgIpc) is 2.08. The van der Waals surface area contributed by atoms with Gasteiger partial charge in [0.15, 0.2) is 0 Å². The molecule has 0 aromatic carbocycles. The maximum absolute atomic E-state index is 10.3. The van der Waals surface area contributed by atoms with Gasteiger partial charge in [0, 0.05) is 12.3 Å². The molecule has 0 atom stereocenters. The van der Waals surface area contributed by atoms with E-state index in [1.54, 1.807) is 6.07 Å². The molecule has 1 aromatic heterocycles. The number of nitrogens with zero attached hydrogens (tertiary/aromatic N) is 2. The van der Waals surface area contributed by atoms with Gasteiger partial charge in [-0.1, -0.05) is 6.07 Å². The minimum atomic E-state index is -0.902. The quantitative estimate of drug-likeness (QED) is 0.716. The molecule has 0 fully saturated rings. The van der Waals surface area contributed by atoms with Crippen molar-refractivity contribution in [3.63, 3.8) is 0 Å². The Morgan fingerprint density at radius 1 is 1.69 bits per heavy atom. The molecule has 1 heterocycles. The molecule has 0 saturated carbocycles. The predicted octanol–water partition coefficient (Wildman–Crippen LogP) is 0.605. The molecule has 1 rings (SSSR count). The topological polar surface area (TPSA) is 89.0 Å². The number of carbonyl (C=O) groups is 1. The highest BCUT2D eigenvalue weighted by atomic mass is 16.6. The van der Waals surface area contributed by atoms with Gasteiger partial charge in [-0.05, 0) is 5.56 Å². The third-order valence-electron chi connectivity index (χ3n) is 1.29. The van der Waals surface area contributed by atoms with E-state index in [9.17, 15) is 4.79 Å². The molecule has 1 amide bonds. The van der Waals surface area contributed by atoms with E-state index in [4.69, 9.17) is 11.0 Å². The molecule has 1 aromatic rings. The highest BCUT2D eigenvalue weighted by molar-refractivity contribution is 5.67. The van der Waals surface area contributed by atoms with Crippen molar-refractivity contribution in [2.45, 2.75) is 6.42 Å². The lowest BCUT2D eigenvalue weighted by Gasteiger charge is -1.98. The molecule has 2 N–H and O–H groups in total. The van der Waals surface area contributed by atoms with Gasteiger partial charge in [0.1, 0.15) is 0 Å². The number of ether oxygens (including phenoxy) is 1. The van der Waals surface area contributed by atoms with Crippen molar-refractivity contribution < 1.29 is 9.53 Å². The average molecular weight is 177 g/mol. The van der Waals surface area contributed by atoms with Gasteiger partial charge in [-0.15, -0.1) is 0 Å². The summed E-state index contributed by atoms with van der Waals surface area (Å²) >= 11 is 0. The SMILES string of the molecule is N#CCc1ccc(OC(N)=O)nc1. The Kier molecular flexibility index (Phi) is 2.82. The molecule has 0 spiro atoms. The maximum Gasteiger partial charge on any atom is 0.411 e. The van der Waals surface area contributed by atoms with Crippen LogP contribution in [0.1, 0.15) is 5.56 Å². The highest BCUT2D eigenvalue weighted by Gasteiger charge is 1.99. The summed E-state index contributed by atoms with van der Waals surface area (Å²) in [7, 11) is 0. The second-order valence-electron chi connectivity index (χ2n) is 2.26. The summed E-state index contributed by atoms with van der Waals surface area (Å²) in [6, 6.07) is 5.10. The van der Waals surface area contributed by atoms with Crippen molar-refractivity contribution in [2.75, 3.05) is 0 Å². The molecule has 0 saturated heterocycles. The predicted molar refractivity (Wildman–Crippen MR) is 43.8 cm³/mol. The summed E-state index contributed by atoms with van der Waals surface area (Å²) in [4.78, 5) is 14.1. The fraction of sp³-hybridized carbons (Fsp3) is 0.125. The van der Waals surface area contributed by atoms with Crippen LogP contribution in [0.2, 0.25) is 0 Å². The number of hydrogen-bond donors (Lipinski definition) is 1. The molecule has 0 bridgehead atoms. The zero-order chi connectivity index (χ0) is 9.68. The third kappa shape index (κ3) is 2.79. The molecule has 66 valence electrons. The Hall–Kier alpha value is -2.09. The van der Waals surface area contributed by atoms with Crippen LogP contribution in [-0.4, -0.2) is 11.1 Å². The Morgan fingerprint density at radius 2 is 2.46 bits per heavy atom. The van der Waals surface area contributed by atoms with Gasteiger partial charge < -0.3 is 10.5 Å². The van der Waals surface area contributed by atoms with E-state index < -0.39 is 6.09 Å². The number of pyridine rings is 1. The summed E-state index contributed by atoms with van der Waals surface area (Å²) < 4.78 is 4.49. The molecule has 13 heavy (non-hydrogen) atoms. The first-order chi connectivity index (χ1) is 6.22. The van der Waals surface area contributed by atoms with Crippen LogP contribution in [0.25, 0.3) is 0 Å². The van der Waals surface area contributed by atoms with Crippen molar-refractivity contribution in [3.05, 3.63) is 23.9 Å². The van der Waals surface area contributed by atoms with Gasteiger partial charge in [0.25, 0.3) is 0 Å². The lowest BCUT2D eigenvalue weighted by Crippen LogP contribution is -2.16. The number of nitrogens with two attached hydrogens (primary N) is 1. The van der Waals surface area contributed by atoms with Crippen molar-refractivity contribution in [3.8, 4) is 11.9 Å². The van der Waals surface area contributed by atoms with Gasteiger partial charge in [-0.3, -0.25) is 0 Å². The van der Waals surface area contributed by atoms with E-state index in [1.807, 2.05) is 6.07 Å². The minimum absolute atomic E-state index is 0.134. The van der Waals surface area contributed by atoms with E-state index >= 15 is 0 Å². The molecule has 5 nitrogen and oxygen atoms in total. The Labute approximate surface area is 74.8 Å². The molecular weight excluding hydrogens is 170 g/mol. The Bertz CT molecular complexity index is 339. The number of amides is 1. The van der Waals surface area contributed by atoms with Crippen molar-refractivity contribution in [1.82, 2.24) is 4.98 Å². The fourth-order valence-corrected chi connectivity index (χ4v) is 0.770. The number of nitriles is 1. The van der Waals surface area contributed by atoms with Crippen LogP contribution in [0.15, 0.2) is 18.3 Å². The summed E-state index contributed by atoms with van der Waals surface area (Å²) in [5.41, 5.74) is 5.53. The first-order valence-electron chi connectivity index (χ1n) is 3.51. The van der Waals surface area contributed by atoms with E-state index in [0.717, 1.165) is 5.56 Å². The van der Waals surface area contributed by atoms with Gasteiger partial charge in [0.05, 0.1) is 12.5 Å². The van der Waals surface area contributed by atoms with Crippen molar-refractivity contribution in [2.24, 2.45) is 5.73 Å². The fourth-order valence-electron chi connectivity index (χ4n) is 0.770. The minimum Gasteiger partial charge on any atom is -0.391 e. The van der Waals surface area contributed by atoms with Crippen LogP contribution in [0.4, 0.5) is 4.79 Å². The zero-order valence-electron chi connectivity index (χ0n) is 6.73. The summed E-state index contributed by atoms with van der Waals surface area (Å²) in [6.45, 7) is 0. The standard InChI is InChI=1S/C8H7N3O2/c9-4-3-6-1-2-7(11-5-6)13-8(10)12/h1-2,5H,3H2,(H2,10,12). The maximum atomic E-state index is 10.3. The summed E-state index contributed by atoms with van der Waals surface area (Å²) in [5, 5.41) is 8.35. The lowest BCUT2D eigenvalue weighted by atomic mass is 10.2. The van der Waals surface area contributed by atoms with Crippen LogP contribution in [0.3, 0.4) is 0 Å². The van der Waals surface area contributed by atoms with Crippen LogP contribution < -0.4 is 10.5 Å².